The monoisotopic (exact) mass is 478 g/mol. The molecule has 0 unspecified atom stereocenters. The lowest BCUT2D eigenvalue weighted by Gasteiger charge is -2.32. The molecule has 0 saturated carbocycles. The molecule has 3 heterocycles. The normalized spacial score (nSPS) is 15.6. The van der Waals surface area contributed by atoms with Crippen molar-refractivity contribution in [1.82, 2.24) is 20.1 Å². The fraction of sp³-hybridized carbons (Fsp3) is 0.238. The van der Waals surface area contributed by atoms with Crippen LogP contribution < -0.4 is 16.0 Å². The Morgan fingerprint density at radius 1 is 1.18 bits per heavy atom. The molecule has 2 amide bonds. The predicted molar refractivity (Wildman–Crippen MR) is 120 cm³/mol. The van der Waals surface area contributed by atoms with Gasteiger partial charge in [0.1, 0.15) is 11.5 Å². The van der Waals surface area contributed by atoms with Gasteiger partial charge in [-0.25, -0.2) is 4.98 Å². The number of nitrogen functional groups attached to an aromatic ring is 1. The van der Waals surface area contributed by atoms with Crippen LogP contribution in [-0.4, -0.2) is 33.1 Å². The SMILES string of the molecule is C[C@H]1CN(c2ccc(C(F)(F)F)cc2)C(=O)c2c(C(=O)NCc3ccc(N)nc3)cnn21.S. The first-order chi connectivity index (χ1) is 15.1. The van der Waals surface area contributed by atoms with Crippen molar-refractivity contribution in [3.8, 4) is 0 Å². The zero-order valence-electron chi connectivity index (χ0n) is 17.4. The number of alkyl halides is 3. The summed E-state index contributed by atoms with van der Waals surface area (Å²) in [4.78, 5) is 31.3. The van der Waals surface area contributed by atoms with Gasteiger partial charge in [0.25, 0.3) is 11.8 Å². The number of nitrogens with two attached hydrogens (primary N) is 1. The highest BCUT2D eigenvalue weighted by atomic mass is 32.1. The Morgan fingerprint density at radius 2 is 1.88 bits per heavy atom. The quantitative estimate of drug-likeness (QED) is 0.599. The molecule has 0 aliphatic carbocycles. The average Bonchev–Trinajstić information content (AvgIpc) is 3.21. The van der Waals surface area contributed by atoms with Gasteiger partial charge in [0.2, 0.25) is 0 Å². The molecule has 8 nitrogen and oxygen atoms in total. The number of benzene rings is 1. The van der Waals surface area contributed by atoms with Crippen LogP contribution in [0.2, 0.25) is 0 Å². The Labute approximate surface area is 194 Å². The fourth-order valence-electron chi connectivity index (χ4n) is 3.50. The number of aromatic nitrogens is 3. The van der Waals surface area contributed by atoms with Crippen molar-refractivity contribution >= 4 is 36.8 Å². The third-order valence-electron chi connectivity index (χ3n) is 5.16. The van der Waals surface area contributed by atoms with Gasteiger partial charge in [-0.2, -0.15) is 31.8 Å². The summed E-state index contributed by atoms with van der Waals surface area (Å²) in [5, 5.41) is 6.90. The first kappa shape index (κ1) is 24.1. The zero-order chi connectivity index (χ0) is 23.0. The van der Waals surface area contributed by atoms with Crippen LogP contribution in [0.5, 0.6) is 0 Å². The van der Waals surface area contributed by atoms with Crippen molar-refractivity contribution in [3.05, 3.63) is 71.2 Å². The molecular weight excluding hydrogens is 457 g/mol. The Morgan fingerprint density at radius 3 is 2.48 bits per heavy atom. The van der Waals surface area contributed by atoms with Crippen LogP contribution in [0.1, 0.15) is 44.9 Å². The molecule has 0 saturated heterocycles. The Balaban J connectivity index is 0.00000306. The van der Waals surface area contributed by atoms with Crippen molar-refractivity contribution in [2.24, 2.45) is 0 Å². The van der Waals surface area contributed by atoms with Crippen LogP contribution >= 0.6 is 13.5 Å². The number of carbonyl (C=O) groups is 2. The second-order valence-corrected chi connectivity index (χ2v) is 7.43. The molecule has 0 spiro atoms. The lowest BCUT2D eigenvalue weighted by atomic mass is 10.1. The molecule has 174 valence electrons. The number of amides is 2. The summed E-state index contributed by atoms with van der Waals surface area (Å²) < 4.78 is 40.1. The minimum absolute atomic E-state index is 0. The van der Waals surface area contributed by atoms with Crippen LogP contribution in [0.15, 0.2) is 48.8 Å². The van der Waals surface area contributed by atoms with Gasteiger partial charge in [0.15, 0.2) is 0 Å². The Hall–Kier alpha value is -3.54. The predicted octanol–water partition coefficient (Wildman–Crippen LogP) is 3.14. The summed E-state index contributed by atoms with van der Waals surface area (Å²) in [6.07, 6.45) is -1.62. The number of fused-ring (bicyclic) bond motifs is 1. The maximum atomic E-state index is 13.2. The molecule has 3 aromatic rings. The van der Waals surface area contributed by atoms with E-state index in [4.69, 9.17) is 5.73 Å². The van der Waals surface area contributed by atoms with Gasteiger partial charge >= 0.3 is 6.18 Å². The minimum atomic E-state index is -4.47. The topological polar surface area (TPSA) is 106 Å². The molecule has 0 radical (unpaired) electrons. The number of nitrogens with one attached hydrogen (secondary N) is 1. The molecule has 33 heavy (non-hydrogen) atoms. The first-order valence-electron chi connectivity index (χ1n) is 9.70. The van der Waals surface area contributed by atoms with E-state index in [2.05, 4.69) is 15.4 Å². The van der Waals surface area contributed by atoms with Crippen LogP contribution in [-0.2, 0) is 12.7 Å². The largest absolute Gasteiger partial charge is 0.416 e. The number of anilines is 2. The summed E-state index contributed by atoms with van der Waals surface area (Å²) >= 11 is 0. The van der Waals surface area contributed by atoms with Gasteiger partial charge in [0.05, 0.1) is 23.4 Å². The van der Waals surface area contributed by atoms with Crippen LogP contribution in [0.25, 0.3) is 0 Å². The van der Waals surface area contributed by atoms with Crippen LogP contribution in [0.3, 0.4) is 0 Å². The van der Waals surface area contributed by atoms with Gasteiger partial charge in [-0.1, -0.05) is 6.07 Å². The van der Waals surface area contributed by atoms with Crippen molar-refractivity contribution in [1.29, 1.82) is 0 Å². The second kappa shape index (κ2) is 9.14. The van der Waals surface area contributed by atoms with Gasteiger partial charge in [-0.05, 0) is 42.8 Å². The molecule has 1 aromatic carbocycles. The summed E-state index contributed by atoms with van der Waals surface area (Å²) in [7, 11) is 0. The summed E-state index contributed by atoms with van der Waals surface area (Å²) in [6, 6.07) is 7.38. The van der Waals surface area contributed by atoms with E-state index in [9.17, 15) is 22.8 Å². The zero-order valence-corrected chi connectivity index (χ0v) is 18.4. The van der Waals surface area contributed by atoms with Crippen molar-refractivity contribution in [3.63, 3.8) is 0 Å². The van der Waals surface area contributed by atoms with E-state index in [1.54, 1.807) is 12.1 Å². The Bertz CT molecular complexity index is 1160. The van der Waals surface area contributed by atoms with Gasteiger partial charge < -0.3 is 16.0 Å². The van der Waals surface area contributed by atoms with E-state index >= 15 is 0 Å². The molecule has 12 heteroatoms. The number of nitrogens with zero attached hydrogens (tertiary/aromatic N) is 4. The van der Waals surface area contributed by atoms with E-state index in [0.717, 1.165) is 17.7 Å². The first-order valence-corrected chi connectivity index (χ1v) is 9.70. The van der Waals surface area contributed by atoms with Crippen molar-refractivity contribution < 1.29 is 22.8 Å². The number of hydrogen-bond acceptors (Lipinski definition) is 5. The third-order valence-corrected chi connectivity index (χ3v) is 5.16. The lowest BCUT2D eigenvalue weighted by Crippen LogP contribution is -2.43. The molecule has 3 N–H and O–H groups in total. The number of pyridine rings is 1. The average molecular weight is 479 g/mol. The number of carbonyl (C=O) groups excluding carboxylic acids is 2. The summed E-state index contributed by atoms with van der Waals surface area (Å²) in [5.41, 5.74) is 5.94. The van der Waals surface area contributed by atoms with Gasteiger partial charge in [-0.3, -0.25) is 14.3 Å². The molecular formula is C21H21F3N6O2S. The second-order valence-electron chi connectivity index (χ2n) is 7.43. The van der Waals surface area contributed by atoms with E-state index in [1.807, 2.05) is 6.92 Å². The molecule has 0 bridgehead atoms. The maximum Gasteiger partial charge on any atom is 0.416 e. The summed E-state index contributed by atoms with van der Waals surface area (Å²) in [5.74, 6) is -0.661. The van der Waals surface area contributed by atoms with Crippen molar-refractivity contribution in [2.75, 3.05) is 17.2 Å². The van der Waals surface area contributed by atoms with E-state index < -0.39 is 23.6 Å². The van der Waals surface area contributed by atoms with Crippen molar-refractivity contribution in [2.45, 2.75) is 25.7 Å². The summed E-state index contributed by atoms with van der Waals surface area (Å²) in [6.45, 7) is 2.18. The molecule has 0 fully saturated rings. The minimum Gasteiger partial charge on any atom is -0.384 e. The molecule has 1 aliphatic heterocycles. The molecule has 1 aliphatic rings. The maximum absolute atomic E-state index is 13.2. The fourth-order valence-corrected chi connectivity index (χ4v) is 3.50. The number of rotatable bonds is 4. The lowest BCUT2D eigenvalue weighted by molar-refractivity contribution is -0.137. The van der Waals surface area contributed by atoms with Crippen LogP contribution in [0.4, 0.5) is 24.7 Å². The molecule has 4 rings (SSSR count). The molecule has 1 atom stereocenters. The number of halogens is 3. The highest BCUT2D eigenvalue weighted by Crippen LogP contribution is 2.32. The molecule has 2 aromatic heterocycles. The smallest absolute Gasteiger partial charge is 0.384 e. The Kier molecular flexibility index (Phi) is 6.68. The van der Waals surface area contributed by atoms with Gasteiger partial charge in [-0.15, -0.1) is 0 Å². The number of hydrogen-bond donors (Lipinski definition) is 2. The van der Waals surface area contributed by atoms with Crippen LogP contribution in [0, 0.1) is 0 Å². The third kappa shape index (κ3) is 4.80. The van der Waals surface area contributed by atoms with E-state index in [1.165, 1.54) is 34.1 Å². The van der Waals surface area contributed by atoms with Gasteiger partial charge in [0, 0.05) is 25.0 Å². The van der Waals surface area contributed by atoms with E-state index in [0.29, 0.717) is 11.5 Å². The van der Waals surface area contributed by atoms with E-state index in [-0.39, 0.29) is 43.9 Å². The standard InChI is InChI=1S/C21H19F3N6O2.H2S/c1-12-11-29(15-5-3-14(4-6-15)21(22,23)24)20(32)18-16(10-28-30(12)18)19(31)27-9-13-2-7-17(25)26-8-13;/h2-8,10,12H,9,11H2,1H3,(H2,25,26)(H,27,31);1H2/t12-;/m0./s1. The highest BCUT2D eigenvalue weighted by molar-refractivity contribution is 7.59. The highest BCUT2D eigenvalue weighted by Gasteiger charge is 2.36.